The third-order valence-corrected chi connectivity index (χ3v) is 10.3. The summed E-state index contributed by atoms with van der Waals surface area (Å²) in [5, 5.41) is 0. The number of rotatable bonds is 2. The highest BCUT2D eigenvalue weighted by molar-refractivity contribution is 5.92. The molecule has 6 aromatic rings. The highest BCUT2D eigenvalue weighted by atomic mass is 15.5. The summed E-state index contributed by atoms with van der Waals surface area (Å²) in [6.45, 7) is 4.74. The van der Waals surface area contributed by atoms with E-state index >= 15 is 0 Å². The van der Waals surface area contributed by atoms with E-state index in [-0.39, 0.29) is 24.2 Å². The summed E-state index contributed by atoms with van der Waals surface area (Å²) in [7, 11) is 0. The van der Waals surface area contributed by atoms with Crippen molar-refractivity contribution in [2.45, 2.75) is 24.7 Å². The second-order valence-corrected chi connectivity index (χ2v) is 12.8. The zero-order valence-electron chi connectivity index (χ0n) is 25.8. The van der Waals surface area contributed by atoms with Crippen molar-refractivity contribution in [3.63, 3.8) is 0 Å². The maximum absolute atomic E-state index is 5.37. The summed E-state index contributed by atoms with van der Waals surface area (Å²) < 4.78 is 0. The van der Waals surface area contributed by atoms with Crippen molar-refractivity contribution in [2.75, 3.05) is 19.6 Å². The Hall–Kier alpha value is -5.88. The minimum absolute atomic E-state index is 0.0348. The Morgan fingerprint density at radius 1 is 0.532 bits per heavy atom. The van der Waals surface area contributed by atoms with Gasteiger partial charge in [-0.15, -0.1) is 0 Å². The van der Waals surface area contributed by atoms with Gasteiger partial charge in [0, 0.05) is 46.9 Å². The van der Waals surface area contributed by atoms with Crippen LogP contribution < -0.4 is 19.6 Å². The van der Waals surface area contributed by atoms with E-state index in [4.69, 9.17) is 16.5 Å². The van der Waals surface area contributed by atoms with Gasteiger partial charge in [-0.3, -0.25) is 0 Å². The van der Waals surface area contributed by atoms with E-state index in [1.807, 2.05) is 12.1 Å². The van der Waals surface area contributed by atoms with Crippen LogP contribution in [0.4, 0.5) is 34.4 Å². The third-order valence-electron chi connectivity index (χ3n) is 10.3. The van der Waals surface area contributed by atoms with Crippen LogP contribution in [0.2, 0.25) is 0 Å². The zero-order valence-corrected chi connectivity index (χ0v) is 25.8. The molecule has 10 rings (SSSR count). The van der Waals surface area contributed by atoms with Gasteiger partial charge < -0.3 is 19.6 Å². The Balaban J connectivity index is 1.28. The SMILES string of the molecule is C=C1CC2c3ccccc3N3c4nc5ccccc5nc4N(c4ccccc4)C3C2C2N(c3ccccc3)C=CN2c2ccccc21. The largest absolute Gasteiger partial charge is 0.325 e. The lowest BCUT2D eigenvalue weighted by molar-refractivity contribution is 0.288. The molecule has 4 atom stereocenters. The maximum Gasteiger partial charge on any atom is 0.179 e. The average Bonchev–Trinajstić information content (AvgIpc) is 3.70. The number of para-hydroxylation sites is 6. The van der Waals surface area contributed by atoms with Crippen LogP contribution in [-0.4, -0.2) is 22.3 Å². The van der Waals surface area contributed by atoms with Gasteiger partial charge in [0.15, 0.2) is 11.6 Å². The lowest BCUT2D eigenvalue weighted by Crippen LogP contribution is -2.60. The Kier molecular flexibility index (Phi) is 5.64. The van der Waals surface area contributed by atoms with Gasteiger partial charge in [0.25, 0.3) is 0 Å². The van der Waals surface area contributed by atoms with Gasteiger partial charge in [0.1, 0.15) is 12.3 Å². The number of allylic oxidation sites excluding steroid dienone is 1. The van der Waals surface area contributed by atoms with Crippen molar-refractivity contribution in [1.29, 1.82) is 0 Å². The highest BCUT2D eigenvalue weighted by Gasteiger charge is 2.57. The summed E-state index contributed by atoms with van der Waals surface area (Å²) in [6.07, 6.45) is 5.22. The van der Waals surface area contributed by atoms with E-state index in [0.29, 0.717) is 0 Å². The minimum Gasteiger partial charge on any atom is -0.325 e. The van der Waals surface area contributed by atoms with Crippen molar-refractivity contribution < 1.29 is 0 Å². The molecule has 0 aliphatic carbocycles. The second kappa shape index (κ2) is 10.1. The predicted molar refractivity (Wildman–Crippen MR) is 191 cm³/mol. The van der Waals surface area contributed by atoms with E-state index < -0.39 is 0 Å². The smallest absolute Gasteiger partial charge is 0.179 e. The number of hydrogen-bond acceptors (Lipinski definition) is 6. The summed E-state index contributed by atoms with van der Waals surface area (Å²) >= 11 is 0. The Morgan fingerprint density at radius 2 is 1.11 bits per heavy atom. The molecule has 0 radical (unpaired) electrons. The molecule has 0 amide bonds. The molecule has 1 aromatic heterocycles. The molecule has 6 heteroatoms. The molecular weight excluding hydrogens is 576 g/mol. The van der Waals surface area contributed by atoms with Crippen molar-refractivity contribution in [2.24, 2.45) is 5.92 Å². The molecule has 6 nitrogen and oxygen atoms in total. The third kappa shape index (κ3) is 3.78. The lowest BCUT2D eigenvalue weighted by Gasteiger charge is -2.53. The van der Waals surface area contributed by atoms with Crippen LogP contribution in [0.5, 0.6) is 0 Å². The molecule has 4 aliphatic heterocycles. The second-order valence-electron chi connectivity index (χ2n) is 12.8. The topological polar surface area (TPSA) is 38.7 Å². The number of nitrogens with zero attached hydrogens (tertiary/aromatic N) is 6. The first kappa shape index (κ1) is 26.3. The van der Waals surface area contributed by atoms with Crippen LogP contribution in [0.1, 0.15) is 23.5 Å². The molecule has 0 saturated heterocycles. The summed E-state index contributed by atoms with van der Waals surface area (Å²) in [5.41, 5.74) is 10.1. The van der Waals surface area contributed by atoms with Crippen LogP contribution in [0.25, 0.3) is 16.6 Å². The van der Waals surface area contributed by atoms with E-state index in [2.05, 4.69) is 153 Å². The number of anilines is 6. The van der Waals surface area contributed by atoms with Crippen molar-refractivity contribution in [3.8, 4) is 0 Å². The van der Waals surface area contributed by atoms with Gasteiger partial charge in [-0.05, 0) is 66.1 Å². The van der Waals surface area contributed by atoms with Gasteiger partial charge in [-0.25, -0.2) is 9.97 Å². The average molecular weight is 609 g/mol. The summed E-state index contributed by atoms with van der Waals surface area (Å²) in [4.78, 5) is 20.6. The van der Waals surface area contributed by atoms with Crippen molar-refractivity contribution in [3.05, 3.63) is 164 Å². The summed E-state index contributed by atoms with van der Waals surface area (Å²) in [6, 6.07) is 47.4. The Labute approximate surface area is 274 Å². The molecule has 5 aromatic carbocycles. The number of aromatic nitrogens is 2. The van der Waals surface area contributed by atoms with Gasteiger partial charge in [-0.1, -0.05) is 91.5 Å². The first-order chi connectivity index (χ1) is 23.3. The molecule has 47 heavy (non-hydrogen) atoms. The molecular formula is C41H32N6. The fraction of sp³-hybridized carbons (Fsp3) is 0.122. The molecule has 5 heterocycles. The molecule has 0 saturated carbocycles. The van der Waals surface area contributed by atoms with Crippen molar-refractivity contribution in [1.82, 2.24) is 9.97 Å². The van der Waals surface area contributed by atoms with Crippen LogP contribution in [0.15, 0.2) is 152 Å². The van der Waals surface area contributed by atoms with Crippen molar-refractivity contribution >= 4 is 51.0 Å². The van der Waals surface area contributed by atoms with E-state index in [0.717, 1.165) is 40.4 Å². The molecule has 226 valence electrons. The maximum atomic E-state index is 5.37. The lowest BCUT2D eigenvalue weighted by atomic mass is 9.71. The zero-order chi connectivity index (χ0) is 31.1. The van der Waals surface area contributed by atoms with E-state index in [9.17, 15) is 0 Å². The Bertz CT molecular complexity index is 2210. The van der Waals surface area contributed by atoms with E-state index in [1.54, 1.807) is 0 Å². The van der Waals surface area contributed by atoms with Crippen LogP contribution in [0, 0.1) is 5.92 Å². The quantitative estimate of drug-likeness (QED) is 0.195. The van der Waals surface area contributed by atoms with Gasteiger partial charge in [0.05, 0.1) is 16.7 Å². The fourth-order valence-corrected chi connectivity index (χ4v) is 8.44. The normalized spacial score (nSPS) is 22.2. The molecule has 0 bridgehead atoms. The first-order valence-electron chi connectivity index (χ1n) is 16.3. The Morgan fingerprint density at radius 3 is 1.85 bits per heavy atom. The number of fused-ring (bicyclic) bond motifs is 13. The van der Waals surface area contributed by atoms with Crippen LogP contribution in [-0.2, 0) is 0 Å². The number of benzene rings is 5. The minimum atomic E-state index is -0.110. The molecule has 4 aliphatic rings. The monoisotopic (exact) mass is 608 g/mol. The fourth-order valence-electron chi connectivity index (χ4n) is 8.44. The molecule has 0 spiro atoms. The van der Waals surface area contributed by atoms with Gasteiger partial charge in [-0.2, -0.15) is 0 Å². The van der Waals surface area contributed by atoms with Crippen LogP contribution in [0.3, 0.4) is 0 Å². The molecule has 0 fully saturated rings. The van der Waals surface area contributed by atoms with Gasteiger partial charge >= 0.3 is 0 Å². The van der Waals surface area contributed by atoms with E-state index in [1.165, 1.54) is 28.2 Å². The molecule has 0 N–H and O–H groups in total. The number of hydrogen-bond donors (Lipinski definition) is 0. The summed E-state index contributed by atoms with van der Waals surface area (Å²) in [5.74, 6) is 2.03. The standard InChI is InChI=1S/C41H32N6/c1-27-26-32-31-19-9-13-23-36(31)47-39-38(42-33-20-10-11-21-34(33)43-39)46(29-16-6-3-7-17-29)41(47)37(32)40-44(28-14-4-2-5-15-28)24-25-45(40)35-22-12-8-18-30(27)35/h2-25,32,37,40-41H,1,26H2. The van der Waals surface area contributed by atoms with Crippen LogP contribution >= 0.6 is 0 Å². The predicted octanol–water partition coefficient (Wildman–Crippen LogP) is 9.20. The first-order valence-corrected chi connectivity index (χ1v) is 16.3. The highest BCUT2D eigenvalue weighted by Crippen LogP contribution is 2.60. The molecule has 4 unspecified atom stereocenters. The van der Waals surface area contributed by atoms with Gasteiger partial charge in [0.2, 0.25) is 0 Å².